The first kappa shape index (κ1) is 21.4. The molecule has 0 bridgehead atoms. The molecule has 5 nitrogen and oxygen atoms in total. The minimum atomic E-state index is -4.49. The molecule has 1 aromatic heterocycles. The van der Waals surface area contributed by atoms with E-state index >= 15 is 0 Å². The fraction of sp³-hybridized carbons (Fsp3) is 0.208. The summed E-state index contributed by atoms with van der Waals surface area (Å²) in [5.74, 6) is 0.445. The maximum absolute atomic E-state index is 12.8. The summed E-state index contributed by atoms with van der Waals surface area (Å²) >= 11 is 0. The summed E-state index contributed by atoms with van der Waals surface area (Å²) in [7, 11) is 0. The number of hydrogen-bond acceptors (Lipinski definition) is 3. The van der Waals surface area contributed by atoms with Gasteiger partial charge >= 0.3 is 12.2 Å². The van der Waals surface area contributed by atoms with E-state index in [4.69, 9.17) is 0 Å². The average molecular weight is 436 g/mol. The number of alkyl halides is 3. The monoisotopic (exact) mass is 436 g/mol. The van der Waals surface area contributed by atoms with Crippen molar-refractivity contribution >= 4 is 17.4 Å². The van der Waals surface area contributed by atoms with Gasteiger partial charge in [0.2, 0.25) is 0 Å². The molecule has 0 unspecified atom stereocenters. The zero-order valence-corrected chi connectivity index (χ0v) is 17.1. The number of amides is 2. The Labute approximate surface area is 182 Å². The number of carbonyl (C=O) groups is 1. The van der Waals surface area contributed by atoms with Gasteiger partial charge in [0.05, 0.1) is 16.8 Å². The fourth-order valence-electron chi connectivity index (χ4n) is 3.45. The third kappa shape index (κ3) is 4.72. The van der Waals surface area contributed by atoms with Crippen LogP contribution in [0.1, 0.15) is 41.3 Å². The van der Waals surface area contributed by atoms with Crippen LogP contribution in [0.3, 0.4) is 0 Å². The van der Waals surface area contributed by atoms with E-state index in [0.29, 0.717) is 22.9 Å². The SMILES string of the molecule is Cc1nc(C2CC2)cc(-c2ccc(NC(=O)Nc3cccc(C(F)(F)F)c3)cc2)c1C#N. The molecule has 0 atom stereocenters. The number of carbonyl (C=O) groups excluding carboxylic acids is 1. The minimum absolute atomic E-state index is 0.0347. The van der Waals surface area contributed by atoms with Crippen molar-refractivity contribution in [2.75, 3.05) is 10.6 Å². The van der Waals surface area contributed by atoms with Crippen molar-refractivity contribution in [3.63, 3.8) is 0 Å². The molecule has 1 saturated carbocycles. The zero-order valence-electron chi connectivity index (χ0n) is 17.1. The second kappa shape index (κ2) is 8.35. The molecule has 4 rings (SSSR count). The van der Waals surface area contributed by atoms with Gasteiger partial charge in [-0.1, -0.05) is 18.2 Å². The molecule has 2 amide bonds. The topological polar surface area (TPSA) is 77.8 Å². The summed E-state index contributed by atoms with van der Waals surface area (Å²) in [6, 6.07) is 14.8. The van der Waals surface area contributed by atoms with E-state index in [-0.39, 0.29) is 5.69 Å². The molecule has 8 heteroatoms. The number of nitrogens with zero attached hydrogens (tertiary/aromatic N) is 2. The maximum atomic E-state index is 12.8. The number of aryl methyl sites for hydroxylation is 1. The second-order valence-corrected chi connectivity index (χ2v) is 7.68. The highest BCUT2D eigenvalue weighted by atomic mass is 19.4. The number of benzene rings is 2. The molecule has 0 spiro atoms. The van der Waals surface area contributed by atoms with E-state index in [1.54, 1.807) is 24.3 Å². The average Bonchev–Trinajstić information content (AvgIpc) is 3.59. The van der Waals surface area contributed by atoms with Crippen LogP contribution in [0.5, 0.6) is 0 Å². The largest absolute Gasteiger partial charge is 0.416 e. The molecule has 1 heterocycles. The molecule has 2 aromatic carbocycles. The highest BCUT2D eigenvalue weighted by molar-refractivity contribution is 6.00. The van der Waals surface area contributed by atoms with Gasteiger partial charge < -0.3 is 10.6 Å². The molecular weight excluding hydrogens is 417 g/mol. The van der Waals surface area contributed by atoms with Gasteiger partial charge in [-0.2, -0.15) is 18.4 Å². The molecule has 2 N–H and O–H groups in total. The number of urea groups is 1. The Morgan fingerprint density at radius 2 is 1.75 bits per heavy atom. The molecule has 1 aliphatic carbocycles. The standard InChI is InChI=1S/C24H19F3N4O/c1-14-21(13-28)20(12-22(29-14)16-5-6-16)15-7-9-18(10-8-15)30-23(32)31-19-4-2-3-17(11-19)24(25,26)27/h2-4,7-12,16H,5-6H2,1H3,(H2,30,31,32). The van der Waals surface area contributed by atoms with Crippen molar-refractivity contribution in [2.45, 2.75) is 31.9 Å². The lowest BCUT2D eigenvalue weighted by molar-refractivity contribution is -0.137. The van der Waals surface area contributed by atoms with Crippen LogP contribution in [-0.4, -0.2) is 11.0 Å². The van der Waals surface area contributed by atoms with Gasteiger partial charge in [-0.3, -0.25) is 4.98 Å². The van der Waals surface area contributed by atoms with Gasteiger partial charge in [-0.25, -0.2) is 4.79 Å². The first-order valence-corrected chi connectivity index (χ1v) is 10.0. The van der Waals surface area contributed by atoms with Crippen molar-refractivity contribution in [3.8, 4) is 17.2 Å². The van der Waals surface area contributed by atoms with E-state index in [1.165, 1.54) is 12.1 Å². The van der Waals surface area contributed by atoms with Crippen LogP contribution in [0.25, 0.3) is 11.1 Å². The van der Waals surface area contributed by atoms with Crippen LogP contribution >= 0.6 is 0 Å². The van der Waals surface area contributed by atoms with Gasteiger partial charge in [0.1, 0.15) is 6.07 Å². The van der Waals surface area contributed by atoms with Gasteiger partial charge in [-0.05, 0) is 61.7 Å². The molecule has 1 fully saturated rings. The third-order valence-electron chi connectivity index (χ3n) is 5.23. The van der Waals surface area contributed by atoms with Crippen LogP contribution in [0.15, 0.2) is 54.6 Å². The predicted molar refractivity (Wildman–Crippen MR) is 115 cm³/mol. The molecule has 0 saturated heterocycles. The van der Waals surface area contributed by atoms with Crippen LogP contribution in [0.4, 0.5) is 29.3 Å². The van der Waals surface area contributed by atoms with Gasteiger partial charge in [0.25, 0.3) is 0 Å². The van der Waals surface area contributed by atoms with E-state index in [0.717, 1.165) is 41.8 Å². The van der Waals surface area contributed by atoms with Gasteiger partial charge in [0, 0.05) is 28.6 Å². The Hall–Kier alpha value is -3.86. The normalized spacial score (nSPS) is 13.3. The number of pyridine rings is 1. The Bertz CT molecular complexity index is 1210. The van der Waals surface area contributed by atoms with Crippen molar-refractivity contribution in [1.29, 1.82) is 5.26 Å². The molecular formula is C24H19F3N4O. The molecule has 162 valence electrons. The Morgan fingerprint density at radius 1 is 1.06 bits per heavy atom. The van der Waals surface area contributed by atoms with E-state index in [2.05, 4.69) is 21.7 Å². The smallest absolute Gasteiger partial charge is 0.308 e. The lowest BCUT2D eigenvalue weighted by atomic mass is 9.98. The lowest BCUT2D eigenvalue weighted by Crippen LogP contribution is -2.19. The molecule has 32 heavy (non-hydrogen) atoms. The minimum Gasteiger partial charge on any atom is -0.308 e. The quantitative estimate of drug-likeness (QED) is 0.492. The zero-order chi connectivity index (χ0) is 22.9. The highest BCUT2D eigenvalue weighted by Crippen LogP contribution is 2.41. The summed E-state index contributed by atoms with van der Waals surface area (Å²) in [4.78, 5) is 16.8. The first-order valence-electron chi connectivity index (χ1n) is 10.0. The maximum Gasteiger partial charge on any atom is 0.416 e. The van der Waals surface area contributed by atoms with E-state index < -0.39 is 17.8 Å². The predicted octanol–water partition coefficient (Wildman–Crippen LogP) is 6.47. The number of nitriles is 1. The van der Waals surface area contributed by atoms with Crippen LogP contribution < -0.4 is 10.6 Å². The Morgan fingerprint density at radius 3 is 2.38 bits per heavy atom. The molecule has 1 aliphatic rings. The van der Waals surface area contributed by atoms with E-state index in [1.807, 2.05) is 13.0 Å². The van der Waals surface area contributed by atoms with E-state index in [9.17, 15) is 23.2 Å². The number of hydrogen-bond donors (Lipinski definition) is 2. The number of anilines is 2. The molecule has 3 aromatic rings. The van der Waals surface area contributed by atoms with Crippen molar-refractivity contribution in [2.24, 2.45) is 0 Å². The Kier molecular flexibility index (Phi) is 5.57. The Balaban J connectivity index is 1.49. The number of halogens is 3. The second-order valence-electron chi connectivity index (χ2n) is 7.68. The van der Waals surface area contributed by atoms with Crippen molar-refractivity contribution < 1.29 is 18.0 Å². The van der Waals surface area contributed by atoms with Gasteiger partial charge in [-0.15, -0.1) is 0 Å². The van der Waals surface area contributed by atoms with Crippen molar-refractivity contribution in [1.82, 2.24) is 4.98 Å². The fourth-order valence-corrected chi connectivity index (χ4v) is 3.45. The summed E-state index contributed by atoms with van der Waals surface area (Å²) in [6.07, 6.45) is -2.29. The number of aromatic nitrogens is 1. The molecule has 0 aliphatic heterocycles. The third-order valence-corrected chi connectivity index (χ3v) is 5.23. The molecule has 0 radical (unpaired) electrons. The first-order chi connectivity index (χ1) is 15.2. The highest BCUT2D eigenvalue weighted by Gasteiger charge is 2.30. The number of nitrogens with one attached hydrogen (secondary N) is 2. The lowest BCUT2D eigenvalue weighted by Gasteiger charge is -2.12. The summed E-state index contributed by atoms with van der Waals surface area (Å²) < 4.78 is 38.5. The summed E-state index contributed by atoms with van der Waals surface area (Å²) in [5.41, 5.74) is 3.45. The van der Waals surface area contributed by atoms with Gasteiger partial charge in [0.15, 0.2) is 0 Å². The van der Waals surface area contributed by atoms with Crippen molar-refractivity contribution in [3.05, 3.63) is 77.1 Å². The number of rotatable bonds is 4. The summed E-state index contributed by atoms with van der Waals surface area (Å²) in [5, 5.41) is 14.6. The van der Waals surface area contributed by atoms with Crippen LogP contribution in [-0.2, 0) is 6.18 Å². The van der Waals surface area contributed by atoms with Crippen LogP contribution in [0, 0.1) is 18.3 Å². The summed E-state index contributed by atoms with van der Waals surface area (Å²) in [6.45, 7) is 1.82. The van der Waals surface area contributed by atoms with Crippen LogP contribution in [0.2, 0.25) is 0 Å².